The van der Waals surface area contributed by atoms with Crippen LogP contribution in [0.1, 0.15) is 0 Å². The van der Waals surface area contributed by atoms with Crippen molar-refractivity contribution in [2.24, 2.45) is 0 Å². The Morgan fingerprint density at radius 3 is 2.67 bits per heavy atom. The average molecular weight is 251 g/mol. The Labute approximate surface area is 79.2 Å². The van der Waals surface area contributed by atoms with E-state index in [1.54, 1.807) is 18.2 Å². The van der Waals surface area contributed by atoms with Crippen LogP contribution in [0.4, 0.5) is 5.82 Å². The molecule has 0 saturated carbocycles. The van der Waals surface area contributed by atoms with E-state index < -0.39 is 10.0 Å². The topological polar surface area (TPSA) is 59.1 Å². The lowest BCUT2D eigenvalue weighted by molar-refractivity contribution is 0.606. The summed E-state index contributed by atoms with van der Waals surface area (Å²) in [5.74, 6) is 0.312. The van der Waals surface area contributed by atoms with E-state index >= 15 is 0 Å². The number of anilines is 1. The highest BCUT2D eigenvalue weighted by Crippen LogP contribution is 2.10. The zero-order chi connectivity index (χ0) is 9.19. The second-order valence-electron chi connectivity index (χ2n) is 2.22. The molecule has 0 unspecified atom stereocenters. The molecule has 1 heterocycles. The summed E-state index contributed by atoms with van der Waals surface area (Å²) in [7, 11) is -3.23. The minimum Gasteiger partial charge on any atom is -0.268 e. The molecule has 0 fully saturated rings. The van der Waals surface area contributed by atoms with Gasteiger partial charge in [0.05, 0.1) is 6.26 Å². The SMILES string of the molecule is CS(=O)(=O)Nc1cccc(Br)n1. The summed E-state index contributed by atoms with van der Waals surface area (Å²) < 4.78 is 24.3. The number of hydrogen-bond donors (Lipinski definition) is 1. The van der Waals surface area contributed by atoms with Gasteiger partial charge in [0.25, 0.3) is 0 Å². The molecule has 0 aromatic carbocycles. The zero-order valence-electron chi connectivity index (χ0n) is 6.28. The van der Waals surface area contributed by atoms with Gasteiger partial charge in [0, 0.05) is 0 Å². The van der Waals surface area contributed by atoms with E-state index in [0.29, 0.717) is 10.4 Å². The summed E-state index contributed by atoms with van der Waals surface area (Å²) in [4.78, 5) is 3.88. The smallest absolute Gasteiger partial charge is 0.230 e. The molecule has 1 N–H and O–H groups in total. The lowest BCUT2D eigenvalue weighted by Crippen LogP contribution is -2.10. The summed E-state index contributed by atoms with van der Waals surface area (Å²) in [6.07, 6.45) is 1.08. The first-order valence-electron chi connectivity index (χ1n) is 3.08. The maximum absolute atomic E-state index is 10.7. The van der Waals surface area contributed by atoms with Crippen LogP contribution in [-0.4, -0.2) is 19.7 Å². The highest BCUT2D eigenvalue weighted by Gasteiger charge is 2.01. The minimum absolute atomic E-state index is 0.312. The molecule has 1 aromatic heterocycles. The Hall–Kier alpha value is -0.620. The molecule has 0 saturated heterocycles. The number of sulfonamides is 1. The maximum atomic E-state index is 10.7. The molecular formula is C6H7BrN2O2S. The van der Waals surface area contributed by atoms with E-state index in [-0.39, 0.29) is 0 Å². The molecule has 0 amide bonds. The van der Waals surface area contributed by atoms with E-state index in [4.69, 9.17) is 0 Å². The molecule has 0 aliphatic rings. The van der Waals surface area contributed by atoms with Crippen LogP contribution in [0.3, 0.4) is 0 Å². The van der Waals surface area contributed by atoms with Crippen molar-refractivity contribution in [3.63, 3.8) is 0 Å². The van der Waals surface area contributed by atoms with Gasteiger partial charge in [-0.05, 0) is 28.1 Å². The quantitative estimate of drug-likeness (QED) is 0.804. The molecule has 6 heteroatoms. The van der Waals surface area contributed by atoms with Crippen LogP contribution in [0.2, 0.25) is 0 Å². The molecule has 1 aromatic rings. The van der Waals surface area contributed by atoms with Gasteiger partial charge >= 0.3 is 0 Å². The lowest BCUT2D eigenvalue weighted by atomic mass is 10.5. The molecule has 12 heavy (non-hydrogen) atoms. The molecule has 0 aliphatic carbocycles. The van der Waals surface area contributed by atoms with Gasteiger partial charge in [-0.15, -0.1) is 0 Å². The van der Waals surface area contributed by atoms with Crippen molar-refractivity contribution in [1.82, 2.24) is 4.98 Å². The summed E-state index contributed by atoms with van der Waals surface area (Å²) >= 11 is 3.12. The summed E-state index contributed by atoms with van der Waals surface area (Å²) in [6.45, 7) is 0. The molecule has 0 atom stereocenters. The van der Waals surface area contributed by atoms with Gasteiger partial charge in [0.1, 0.15) is 10.4 Å². The Morgan fingerprint density at radius 2 is 2.17 bits per heavy atom. The third-order valence-corrected chi connectivity index (χ3v) is 2.03. The van der Waals surface area contributed by atoms with Crippen LogP contribution in [0.25, 0.3) is 0 Å². The number of aromatic nitrogens is 1. The molecule has 0 bridgehead atoms. The fourth-order valence-electron chi connectivity index (χ4n) is 0.655. The molecule has 4 nitrogen and oxygen atoms in total. The van der Waals surface area contributed by atoms with Gasteiger partial charge < -0.3 is 0 Å². The Bertz CT molecular complexity index is 377. The third kappa shape index (κ3) is 3.19. The lowest BCUT2D eigenvalue weighted by Gasteiger charge is -2.01. The van der Waals surface area contributed by atoms with Crippen molar-refractivity contribution >= 4 is 31.8 Å². The predicted octanol–water partition coefficient (Wildman–Crippen LogP) is 1.22. The fraction of sp³-hybridized carbons (Fsp3) is 0.167. The Morgan fingerprint density at radius 1 is 1.50 bits per heavy atom. The molecule has 66 valence electrons. The van der Waals surface area contributed by atoms with Gasteiger partial charge in [-0.1, -0.05) is 6.07 Å². The highest BCUT2D eigenvalue weighted by atomic mass is 79.9. The first-order valence-corrected chi connectivity index (χ1v) is 5.76. The van der Waals surface area contributed by atoms with Crippen molar-refractivity contribution in [1.29, 1.82) is 0 Å². The monoisotopic (exact) mass is 250 g/mol. The van der Waals surface area contributed by atoms with Crippen molar-refractivity contribution in [2.45, 2.75) is 0 Å². The van der Waals surface area contributed by atoms with Crippen molar-refractivity contribution in [3.8, 4) is 0 Å². The largest absolute Gasteiger partial charge is 0.268 e. The standard InChI is InChI=1S/C6H7BrN2O2S/c1-12(10,11)9-6-4-2-3-5(7)8-6/h2-4H,1H3,(H,8,9). The van der Waals surface area contributed by atoms with Crippen molar-refractivity contribution in [3.05, 3.63) is 22.8 Å². The number of hydrogen-bond acceptors (Lipinski definition) is 3. The number of halogens is 1. The number of nitrogens with one attached hydrogen (secondary N) is 1. The summed E-state index contributed by atoms with van der Waals surface area (Å²) in [5, 5.41) is 0. The second kappa shape index (κ2) is 3.40. The Balaban J connectivity index is 2.91. The maximum Gasteiger partial charge on any atom is 0.230 e. The van der Waals surface area contributed by atoms with Crippen molar-refractivity contribution < 1.29 is 8.42 Å². The van der Waals surface area contributed by atoms with Gasteiger partial charge in [0.15, 0.2) is 0 Å². The average Bonchev–Trinajstić information content (AvgIpc) is 1.82. The van der Waals surface area contributed by atoms with Crippen LogP contribution in [0, 0.1) is 0 Å². The van der Waals surface area contributed by atoms with Crippen LogP contribution in [-0.2, 0) is 10.0 Å². The van der Waals surface area contributed by atoms with Gasteiger partial charge in [0.2, 0.25) is 10.0 Å². The van der Waals surface area contributed by atoms with Crippen LogP contribution >= 0.6 is 15.9 Å². The summed E-state index contributed by atoms with van der Waals surface area (Å²) in [6, 6.07) is 4.99. The molecule has 0 aliphatic heterocycles. The minimum atomic E-state index is -3.23. The number of pyridine rings is 1. The van der Waals surface area contributed by atoms with E-state index in [1.165, 1.54) is 0 Å². The van der Waals surface area contributed by atoms with E-state index in [1.807, 2.05) is 0 Å². The second-order valence-corrected chi connectivity index (χ2v) is 4.78. The predicted molar refractivity (Wildman–Crippen MR) is 50.4 cm³/mol. The molecule has 0 spiro atoms. The normalized spacial score (nSPS) is 11.2. The molecule has 1 rings (SSSR count). The van der Waals surface area contributed by atoms with Crippen LogP contribution in [0.5, 0.6) is 0 Å². The van der Waals surface area contributed by atoms with Gasteiger partial charge in [-0.3, -0.25) is 4.72 Å². The Kier molecular flexibility index (Phi) is 2.69. The highest BCUT2D eigenvalue weighted by molar-refractivity contribution is 9.10. The number of nitrogens with zero attached hydrogens (tertiary/aromatic N) is 1. The number of rotatable bonds is 2. The van der Waals surface area contributed by atoms with Crippen LogP contribution in [0.15, 0.2) is 22.8 Å². The van der Waals surface area contributed by atoms with E-state index in [9.17, 15) is 8.42 Å². The summed E-state index contributed by atoms with van der Waals surface area (Å²) in [5.41, 5.74) is 0. The first-order chi connectivity index (χ1) is 5.47. The van der Waals surface area contributed by atoms with E-state index in [0.717, 1.165) is 6.26 Å². The first kappa shape index (κ1) is 9.47. The fourth-order valence-corrected chi connectivity index (χ4v) is 1.49. The van der Waals surface area contributed by atoms with Crippen molar-refractivity contribution in [2.75, 3.05) is 11.0 Å². The van der Waals surface area contributed by atoms with E-state index in [2.05, 4.69) is 25.6 Å². The molecular weight excluding hydrogens is 244 g/mol. The van der Waals surface area contributed by atoms with Gasteiger partial charge in [-0.25, -0.2) is 13.4 Å². The third-order valence-electron chi connectivity index (χ3n) is 1.01. The molecule has 0 radical (unpaired) electrons. The van der Waals surface area contributed by atoms with Gasteiger partial charge in [-0.2, -0.15) is 0 Å². The zero-order valence-corrected chi connectivity index (χ0v) is 8.68. The van der Waals surface area contributed by atoms with Crippen LogP contribution < -0.4 is 4.72 Å².